The number of hydrogen-bond acceptors (Lipinski definition) is 3. The van der Waals surface area contributed by atoms with Crippen LogP contribution in [-0.2, 0) is 34.8 Å². The number of aromatic nitrogens is 6. The van der Waals surface area contributed by atoms with Crippen molar-refractivity contribution in [1.82, 2.24) is 29.3 Å². The van der Waals surface area contributed by atoms with Crippen molar-refractivity contribution in [2.45, 2.75) is 42.6 Å². The number of nitrogens with zero attached hydrogens (tertiary/aromatic N) is 6. The summed E-state index contributed by atoms with van der Waals surface area (Å²) in [5, 5.41) is 8.54. The van der Waals surface area contributed by atoms with Crippen LogP contribution in [0.2, 0.25) is 0 Å². The fraction of sp³-hybridized carbons (Fsp3) is 0.438. The van der Waals surface area contributed by atoms with Crippen molar-refractivity contribution in [2.75, 3.05) is 0 Å². The molecular formula is C16H7F15MnN6. The van der Waals surface area contributed by atoms with Crippen molar-refractivity contribution < 1.29 is 82.9 Å². The molecule has 0 spiro atoms. The fourth-order valence-electron chi connectivity index (χ4n) is 2.70. The Hall–Kier alpha value is -2.90. The summed E-state index contributed by atoms with van der Waals surface area (Å²) in [6, 6.07) is 0.0534. The van der Waals surface area contributed by atoms with Crippen LogP contribution in [0.1, 0.15) is 23.4 Å². The van der Waals surface area contributed by atoms with Gasteiger partial charge in [-0.05, 0) is 18.2 Å². The molecule has 3 heterocycles. The average Bonchev–Trinajstić information content (AvgIpc) is 3.47. The Bertz CT molecular complexity index is 1100. The van der Waals surface area contributed by atoms with Crippen molar-refractivity contribution in [3.63, 3.8) is 0 Å². The number of rotatable bonds is 6. The zero-order chi connectivity index (χ0) is 28.4. The molecule has 0 fully saturated rings. The molecule has 0 aromatic carbocycles. The van der Waals surface area contributed by atoms with Gasteiger partial charge < -0.3 is 0 Å². The van der Waals surface area contributed by atoms with Gasteiger partial charge >= 0.3 is 36.3 Å². The minimum Gasteiger partial charge on any atom is -0.227 e. The first-order valence-corrected chi connectivity index (χ1v) is 9.02. The Kier molecular flexibility index (Phi) is 7.73. The molecule has 6 nitrogen and oxygen atoms in total. The van der Waals surface area contributed by atoms with E-state index in [9.17, 15) is 65.9 Å². The molecule has 213 valence electrons. The van der Waals surface area contributed by atoms with Gasteiger partial charge in [0.05, 0.1) is 0 Å². The van der Waals surface area contributed by atoms with E-state index in [2.05, 4.69) is 15.3 Å². The molecule has 3 aromatic heterocycles. The third kappa shape index (κ3) is 5.19. The van der Waals surface area contributed by atoms with Crippen molar-refractivity contribution >= 4 is 0 Å². The normalized spacial score (nSPS) is 14.2. The molecule has 0 aliphatic rings. The molecule has 3 aromatic rings. The first-order valence-electron chi connectivity index (χ1n) is 9.02. The summed E-state index contributed by atoms with van der Waals surface area (Å²) in [4.78, 5) is 0. The fourth-order valence-corrected chi connectivity index (χ4v) is 2.70. The van der Waals surface area contributed by atoms with Crippen LogP contribution >= 0.6 is 0 Å². The minimum absolute atomic E-state index is 0. The van der Waals surface area contributed by atoms with Gasteiger partial charge in [0.1, 0.15) is 17.1 Å². The van der Waals surface area contributed by atoms with Gasteiger partial charge in [0.25, 0.3) is 0 Å². The van der Waals surface area contributed by atoms with Crippen molar-refractivity contribution in [2.24, 2.45) is 0 Å². The molecule has 0 aliphatic carbocycles. The Balaban J connectivity index is 0.00000507. The zero-order valence-electron chi connectivity index (χ0n) is 17.3. The second-order valence-electron chi connectivity index (χ2n) is 7.11. The van der Waals surface area contributed by atoms with Gasteiger partial charge in [0, 0.05) is 35.7 Å². The van der Waals surface area contributed by atoms with Gasteiger partial charge in [-0.3, -0.25) is 0 Å². The summed E-state index contributed by atoms with van der Waals surface area (Å²) in [7, 11) is 0. The Morgan fingerprint density at radius 1 is 0.447 bits per heavy atom. The molecule has 0 N–H and O–H groups in total. The number of hydrogen-bond donors (Lipinski definition) is 0. The minimum atomic E-state index is -6.22. The topological polar surface area (TPSA) is 53.5 Å². The van der Waals surface area contributed by atoms with E-state index in [0.717, 1.165) is 0 Å². The summed E-state index contributed by atoms with van der Waals surface area (Å²) in [5.74, 6) is -16.9. The van der Waals surface area contributed by atoms with E-state index in [-0.39, 0.29) is 67.9 Å². The van der Waals surface area contributed by atoms with E-state index in [1.807, 2.05) is 0 Å². The molecule has 0 aliphatic heterocycles. The maximum Gasteiger partial charge on any atom is 0.459 e. The maximum atomic E-state index is 13.6. The van der Waals surface area contributed by atoms with Crippen LogP contribution in [-0.4, -0.2) is 47.9 Å². The summed E-state index contributed by atoms with van der Waals surface area (Å²) in [6.45, 7) is 0. The summed E-state index contributed by atoms with van der Waals surface area (Å²) < 4.78 is 196. The molecular weight excluding hydrogens is 616 g/mol. The molecule has 0 amide bonds. The van der Waals surface area contributed by atoms with Gasteiger partial charge in [0.15, 0.2) is 0 Å². The molecule has 0 saturated carbocycles. The second kappa shape index (κ2) is 9.38. The molecule has 0 bridgehead atoms. The van der Waals surface area contributed by atoms with Gasteiger partial charge in [0.2, 0.25) is 6.29 Å². The van der Waals surface area contributed by atoms with Gasteiger partial charge in [-0.25, -0.2) is 14.0 Å². The molecule has 22 heteroatoms. The largest absolute Gasteiger partial charge is 0.459 e. The van der Waals surface area contributed by atoms with E-state index >= 15 is 0 Å². The molecule has 38 heavy (non-hydrogen) atoms. The molecule has 1 radical (unpaired) electrons. The van der Waals surface area contributed by atoms with Crippen LogP contribution in [0, 0.1) is 0 Å². The van der Waals surface area contributed by atoms with Crippen molar-refractivity contribution in [3.8, 4) is 0 Å². The SMILES string of the molecule is FC(F)(F)C(F)(F)c1ccn(C(n2ccc(C(F)(F)C(F)(F)F)n2)n2ccc(C(F)(F)C(F)(F)F)n2)n1.[Mn]. The molecule has 0 saturated heterocycles. The summed E-state index contributed by atoms with van der Waals surface area (Å²) in [5.41, 5.74) is -6.15. The third-order valence-corrected chi connectivity index (χ3v) is 4.57. The van der Waals surface area contributed by atoms with Gasteiger partial charge in [-0.15, -0.1) is 0 Å². The first-order chi connectivity index (χ1) is 16.5. The Labute approximate surface area is 209 Å². The smallest absolute Gasteiger partial charge is 0.227 e. The summed E-state index contributed by atoms with van der Waals surface area (Å²) in [6.07, 6.45) is -20.3. The summed E-state index contributed by atoms with van der Waals surface area (Å²) >= 11 is 0. The second-order valence-corrected chi connectivity index (χ2v) is 7.11. The van der Waals surface area contributed by atoms with Crippen LogP contribution in [0.25, 0.3) is 0 Å². The van der Waals surface area contributed by atoms with E-state index < -0.39 is 59.7 Å². The Morgan fingerprint density at radius 2 is 0.658 bits per heavy atom. The van der Waals surface area contributed by atoms with Crippen molar-refractivity contribution in [3.05, 3.63) is 53.9 Å². The predicted octanol–water partition coefficient (Wildman–Crippen LogP) is 5.79. The first kappa shape index (κ1) is 31.3. The van der Waals surface area contributed by atoms with Crippen LogP contribution in [0.15, 0.2) is 36.8 Å². The van der Waals surface area contributed by atoms with E-state index in [1.54, 1.807) is 0 Å². The van der Waals surface area contributed by atoms with Crippen LogP contribution in [0.5, 0.6) is 0 Å². The van der Waals surface area contributed by atoms with Crippen LogP contribution in [0.3, 0.4) is 0 Å². The molecule has 0 unspecified atom stereocenters. The molecule has 3 rings (SSSR count). The van der Waals surface area contributed by atoms with E-state index in [0.29, 0.717) is 0 Å². The monoisotopic (exact) mass is 623 g/mol. The van der Waals surface area contributed by atoms with Crippen molar-refractivity contribution in [1.29, 1.82) is 0 Å². The van der Waals surface area contributed by atoms with E-state index in [1.165, 1.54) is 0 Å². The third-order valence-electron chi connectivity index (χ3n) is 4.57. The van der Waals surface area contributed by atoms with E-state index in [4.69, 9.17) is 0 Å². The standard InChI is InChI=1S/C16H7F15N6.Mn/c17-11(18,14(23,24)25)7-1-4-35(32-7)10(36-5-2-8(33-36)12(19,20)15(26,27)28)37-6-3-9(34-37)13(21,22)16(29,30)31;/h1-6,10H;. The zero-order valence-corrected chi connectivity index (χ0v) is 18.5. The Morgan fingerprint density at radius 3 is 0.842 bits per heavy atom. The molecule has 0 atom stereocenters. The van der Waals surface area contributed by atoms with Gasteiger partial charge in [-0.2, -0.15) is 81.2 Å². The average molecular weight is 623 g/mol. The number of alkyl halides is 15. The van der Waals surface area contributed by atoms with Gasteiger partial charge in [-0.1, -0.05) is 0 Å². The van der Waals surface area contributed by atoms with Crippen LogP contribution in [0.4, 0.5) is 65.9 Å². The quantitative estimate of drug-likeness (QED) is 0.258. The predicted molar refractivity (Wildman–Crippen MR) is 86.4 cm³/mol. The maximum absolute atomic E-state index is 13.6. The van der Waals surface area contributed by atoms with Crippen LogP contribution < -0.4 is 0 Å². The number of halogens is 15.